The van der Waals surface area contributed by atoms with E-state index in [0.29, 0.717) is 29.2 Å². The third-order valence-electron chi connectivity index (χ3n) is 4.37. The van der Waals surface area contributed by atoms with Gasteiger partial charge in [-0.05, 0) is 49.2 Å². The van der Waals surface area contributed by atoms with Crippen molar-refractivity contribution in [3.05, 3.63) is 48.0 Å². The number of hydrogen-bond acceptors (Lipinski definition) is 4. The Balaban J connectivity index is 1.72. The minimum Gasteiger partial charge on any atom is -0.497 e. The maximum absolute atomic E-state index is 12.5. The first-order valence-corrected chi connectivity index (χ1v) is 8.55. The number of benzene rings is 2. The predicted octanol–water partition coefficient (Wildman–Crippen LogP) is 3.47. The topological polar surface area (TPSA) is 67.9 Å². The molecule has 0 bridgehead atoms. The summed E-state index contributed by atoms with van der Waals surface area (Å²) in [7, 11) is 3.08. The Bertz CT molecular complexity index is 780. The molecule has 1 fully saturated rings. The molecule has 1 saturated heterocycles. The molecule has 0 saturated carbocycles. The third kappa shape index (κ3) is 3.96. The summed E-state index contributed by atoms with van der Waals surface area (Å²) in [6, 6.07) is 12.3. The predicted molar refractivity (Wildman–Crippen MR) is 100 cm³/mol. The first-order valence-electron chi connectivity index (χ1n) is 8.55. The molecule has 0 aliphatic carbocycles. The van der Waals surface area contributed by atoms with E-state index in [1.165, 1.54) is 14.2 Å². The molecule has 0 radical (unpaired) electrons. The summed E-state index contributed by atoms with van der Waals surface area (Å²) in [5, 5.41) is 2.85. The number of hydrogen-bond donors (Lipinski definition) is 1. The van der Waals surface area contributed by atoms with Crippen LogP contribution in [0.25, 0.3) is 0 Å². The van der Waals surface area contributed by atoms with Gasteiger partial charge in [-0.15, -0.1) is 0 Å². The highest BCUT2D eigenvalue weighted by molar-refractivity contribution is 6.05. The van der Waals surface area contributed by atoms with Crippen LogP contribution in [-0.4, -0.2) is 32.6 Å². The second-order valence-corrected chi connectivity index (χ2v) is 6.10. The monoisotopic (exact) mass is 354 g/mol. The Labute approximate surface area is 152 Å². The second kappa shape index (κ2) is 7.91. The number of ether oxygens (including phenoxy) is 2. The molecule has 1 heterocycles. The molecule has 0 spiro atoms. The van der Waals surface area contributed by atoms with Crippen LogP contribution in [0.2, 0.25) is 0 Å². The molecule has 136 valence electrons. The smallest absolute Gasteiger partial charge is 0.255 e. The molecule has 0 unspecified atom stereocenters. The van der Waals surface area contributed by atoms with Crippen LogP contribution in [0.4, 0.5) is 11.4 Å². The SMILES string of the molecule is COc1cc(OC)cc(C(=O)Nc2ccc(N3CCCCC3=O)cc2)c1. The van der Waals surface area contributed by atoms with Gasteiger partial charge in [-0.1, -0.05) is 0 Å². The molecular weight excluding hydrogens is 332 g/mol. The highest BCUT2D eigenvalue weighted by Crippen LogP contribution is 2.25. The number of amides is 2. The summed E-state index contributed by atoms with van der Waals surface area (Å²) in [6.45, 7) is 0.744. The van der Waals surface area contributed by atoms with E-state index in [1.54, 1.807) is 35.2 Å². The van der Waals surface area contributed by atoms with Crippen molar-refractivity contribution in [2.75, 3.05) is 31.0 Å². The van der Waals surface area contributed by atoms with Crippen molar-refractivity contribution in [1.29, 1.82) is 0 Å². The zero-order chi connectivity index (χ0) is 18.5. The Morgan fingerprint density at radius 1 is 1.00 bits per heavy atom. The lowest BCUT2D eigenvalue weighted by Gasteiger charge is -2.26. The molecule has 1 aliphatic rings. The van der Waals surface area contributed by atoms with Crippen molar-refractivity contribution in [1.82, 2.24) is 0 Å². The minimum atomic E-state index is -0.260. The van der Waals surface area contributed by atoms with Crippen LogP contribution < -0.4 is 19.7 Å². The molecule has 2 amide bonds. The first kappa shape index (κ1) is 17.8. The number of nitrogens with zero attached hydrogens (tertiary/aromatic N) is 1. The first-order chi connectivity index (χ1) is 12.6. The normalized spacial score (nSPS) is 14.1. The van der Waals surface area contributed by atoms with E-state index in [2.05, 4.69) is 5.32 Å². The van der Waals surface area contributed by atoms with Crippen LogP contribution >= 0.6 is 0 Å². The number of anilines is 2. The highest BCUT2D eigenvalue weighted by Gasteiger charge is 2.19. The number of nitrogens with one attached hydrogen (secondary N) is 1. The van der Waals surface area contributed by atoms with Gasteiger partial charge in [0, 0.05) is 36.0 Å². The van der Waals surface area contributed by atoms with Gasteiger partial charge < -0.3 is 19.7 Å². The van der Waals surface area contributed by atoms with Crippen molar-refractivity contribution >= 4 is 23.2 Å². The lowest BCUT2D eigenvalue weighted by molar-refractivity contribution is -0.119. The molecule has 6 nitrogen and oxygen atoms in total. The van der Waals surface area contributed by atoms with Crippen LogP contribution in [0.1, 0.15) is 29.6 Å². The number of rotatable bonds is 5. The van der Waals surface area contributed by atoms with Crippen LogP contribution in [0.5, 0.6) is 11.5 Å². The largest absolute Gasteiger partial charge is 0.497 e. The van der Waals surface area contributed by atoms with E-state index >= 15 is 0 Å². The zero-order valence-electron chi connectivity index (χ0n) is 15.0. The minimum absolute atomic E-state index is 0.150. The lowest BCUT2D eigenvalue weighted by Crippen LogP contribution is -2.35. The lowest BCUT2D eigenvalue weighted by atomic mass is 10.1. The van der Waals surface area contributed by atoms with E-state index in [1.807, 2.05) is 12.1 Å². The molecule has 6 heteroatoms. The van der Waals surface area contributed by atoms with Crippen LogP contribution in [0.3, 0.4) is 0 Å². The maximum atomic E-state index is 12.5. The maximum Gasteiger partial charge on any atom is 0.255 e. The van der Waals surface area contributed by atoms with Gasteiger partial charge in [0.2, 0.25) is 5.91 Å². The van der Waals surface area contributed by atoms with Gasteiger partial charge in [0.1, 0.15) is 11.5 Å². The number of piperidine rings is 1. The van der Waals surface area contributed by atoms with Crippen molar-refractivity contribution in [3.8, 4) is 11.5 Å². The van der Waals surface area contributed by atoms with Crippen molar-refractivity contribution in [2.24, 2.45) is 0 Å². The standard InChI is InChI=1S/C20H22N2O4/c1-25-17-11-14(12-18(13-17)26-2)20(24)21-15-6-8-16(9-7-15)22-10-4-3-5-19(22)23/h6-9,11-13H,3-5,10H2,1-2H3,(H,21,24). The van der Waals surface area contributed by atoms with E-state index in [4.69, 9.17) is 9.47 Å². The summed E-state index contributed by atoms with van der Waals surface area (Å²) < 4.78 is 10.4. The Morgan fingerprint density at radius 3 is 2.23 bits per heavy atom. The van der Waals surface area contributed by atoms with E-state index in [-0.39, 0.29) is 11.8 Å². The average molecular weight is 354 g/mol. The van der Waals surface area contributed by atoms with Gasteiger partial charge in [-0.2, -0.15) is 0 Å². The van der Waals surface area contributed by atoms with Gasteiger partial charge >= 0.3 is 0 Å². The van der Waals surface area contributed by atoms with Gasteiger partial charge in [0.05, 0.1) is 14.2 Å². The van der Waals surface area contributed by atoms with Crippen molar-refractivity contribution < 1.29 is 19.1 Å². The van der Waals surface area contributed by atoms with Crippen molar-refractivity contribution in [3.63, 3.8) is 0 Å². The summed E-state index contributed by atoms with van der Waals surface area (Å²) in [4.78, 5) is 26.3. The molecular formula is C20H22N2O4. The van der Waals surface area contributed by atoms with Crippen LogP contribution in [0, 0.1) is 0 Å². The van der Waals surface area contributed by atoms with Crippen LogP contribution in [0.15, 0.2) is 42.5 Å². The Kier molecular flexibility index (Phi) is 5.41. The molecule has 0 aromatic heterocycles. The van der Waals surface area contributed by atoms with Gasteiger partial charge in [0.25, 0.3) is 5.91 Å². The fraction of sp³-hybridized carbons (Fsp3) is 0.300. The number of carbonyl (C=O) groups excluding carboxylic acids is 2. The molecule has 26 heavy (non-hydrogen) atoms. The molecule has 0 atom stereocenters. The van der Waals surface area contributed by atoms with Crippen molar-refractivity contribution in [2.45, 2.75) is 19.3 Å². The Hall–Kier alpha value is -3.02. The van der Waals surface area contributed by atoms with Gasteiger partial charge in [-0.3, -0.25) is 9.59 Å². The number of methoxy groups -OCH3 is 2. The molecule has 3 rings (SSSR count). The fourth-order valence-electron chi connectivity index (χ4n) is 2.95. The molecule has 2 aromatic carbocycles. The molecule has 1 N–H and O–H groups in total. The van der Waals surface area contributed by atoms with Crippen LogP contribution in [-0.2, 0) is 4.79 Å². The van der Waals surface area contributed by atoms with E-state index in [0.717, 1.165) is 25.1 Å². The highest BCUT2D eigenvalue weighted by atomic mass is 16.5. The summed E-state index contributed by atoms with van der Waals surface area (Å²) >= 11 is 0. The van der Waals surface area contributed by atoms with E-state index < -0.39 is 0 Å². The third-order valence-corrected chi connectivity index (χ3v) is 4.37. The Morgan fingerprint density at radius 2 is 1.65 bits per heavy atom. The van der Waals surface area contributed by atoms with Gasteiger partial charge in [0.15, 0.2) is 0 Å². The average Bonchev–Trinajstić information content (AvgIpc) is 2.68. The summed E-state index contributed by atoms with van der Waals surface area (Å²) in [6.07, 6.45) is 2.56. The zero-order valence-corrected chi connectivity index (χ0v) is 15.0. The fourth-order valence-corrected chi connectivity index (χ4v) is 2.95. The summed E-state index contributed by atoms with van der Waals surface area (Å²) in [5.74, 6) is 0.988. The quantitative estimate of drug-likeness (QED) is 0.893. The number of carbonyl (C=O) groups is 2. The molecule has 1 aliphatic heterocycles. The van der Waals surface area contributed by atoms with Gasteiger partial charge in [-0.25, -0.2) is 0 Å². The van der Waals surface area contributed by atoms with E-state index in [9.17, 15) is 9.59 Å². The molecule has 2 aromatic rings. The second-order valence-electron chi connectivity index (χ2n) is 6.10. The summed E-state index contributed by atoms with van der Waals surface area (Å²) in [5.41, 5.74) is 1.96.